The van der Waals surface area contributed by atoms with Crippen LogP contribution in [0.15, 0.2) is 0 Å². The van der Waals surface area contributed by atoms with Crippen molar-refractivity contribution in [3.8, 4) is 0 Å². The monoisotopic (exact) mass is 315 g/mol. The zero-order chi connectivity index (χ0) is 17.3. The van der Waals surface area contributed by atoms with Gasteiger partial charge in [0.1, 0.15) is 23.8 Å². The number of imide groups is 1. The molecule has 1 unspecified atom stereocenters. The van der Waals surface area contributed by atoms with Gasteiger partial charge in [0.25, 0.3) is 0 Å². The molecule has 0 aromatic carbocycles. The quantitative estimate of drug-likeness (QED) is 0.752. The number of nitrogens with two attached hydrogens (primary N) is 1. The molecule has 1 aliphatic rings. The van der Waals surface area contributed by atoms with E-state index in [1.165, 1.54) is 0 Å². The molecule has 1 fully saturated rings. The minimum Gasteiger partial charge on any atom is -0.414 e. The molecule has 2 amide bonds. The minimum absolute atomic E-state index is 0.107. The molecule has 1 heterocycles. The fourth-order valence-corrected chi connectivity index (χ4v) is 2.77. The number of amides is 2. The topological polar surface area (TPSA) is 78.6 Å². The zero-order valence-corrected chi connectivity index (χ0v) is 14.9. The molecule has 22 heavy (non-hydrogen) atoms. The Kier molecular flexibility index (Phi) is 5.30. The zero-order valence-electron chi connectivity index (χ0n) is 14.9. The van der Waals surface area contributed by atoms with Gasteiger partial charge >= 0.3 is 12.2 Å². The van der Waals surface area contributed by atoms with E-state index in [1.807, 2.05) is 6.92 Å². The molecule has 128 valence electrons. The summed E-state index contributed by atoms with van der Waals surface area (Å²) >= 11 is 0. The number of ether oxygens (including phenoxy) is 2. The molecule has 1 aliphatic heterocycles. The maximum atomic E-state index is 12.8. The maximum Gasteiger partial charge on any atom is 0.527 e. The molecule has 0 aromatic heterocycles. The van der Waals surface area contributed by atoms with Crippen molar-refractivity contribution in [2.75, 3.05) is 13.1 Å². The van der Waals surface area contributed by atoms with Crippen molar-refractivity contribution in [1.82, 2.24) is 0 Å². The van der Waals surface area contributed by atoms with Crippen LogP contribution in [0.3, 0.4) is 0 Å². The fraction of sp³-hybridized carbons (Fsp3) is 0.875. The lowest BCUT2D eigenvalue weighted by Crippen LogP contribution is -2.61. The Morgan fingerprint density at radius 3 is 1.73 bits per heavy atom. The van der Waals surface area contributed by atoms with Gasteiger partial charge in [-0.3, -0.25) is 0 Å². The van der Waals surface area contributed by atoms with Crippen LogP contribution in [0, 0.1) is 5.92 Å². The lowest BCUT2D eigenvalue weighted by molar-refractivity contribution is -0.799. The highest BCUT2D eigenvalue weighted by Crippen LogP contribution is 2.35. The molecule has 0 radical (unpaired) electrons. The first-order chi connectivity index (χ1) is 9.82. The van der Waals surface area contributed by atoms with Gasteiger partial charge in [0.15, 0.2) is 0 Å². The highest BCUT2D eigenvalue weighted by Gasteiger charge is 2.60. The normalized spacial score (nSPS) is 24.9. The van der Waals surface area contributed by atoms with Crippen LogP contribution in [0.2, 0.25) is 0 Å². The van der Waals surface area contributed by atoms with E-state index in [9.17, 15) is 9.59 Å². The van der Waals surface area contributed by atoms with Gasteiger partial charge in [-0.15, -0.1) is 4.48 Å². The Balaban J connectivity index is 3.16. The maximum absolute atomic E-state index is 12.8. The first-order valence-electron chi connectivity index (χ1n) is 7.86. The van der Waals surface area contributed by atoms with E-state index in [0.717, 1.165) is 0 Å². The summed E-state index contributed by atoms with van der Waals surface area (Å²) in [6.07, 6.45) is -0.398. The molecule has 2 N–H and O–H groups in total. The first kappa shape index (κ1) is 18.9. The Labute approximate surface area is 133 Å². The molecule has 6 nitrogen and oxygen atoms in total. The van der Waals surface area contributed by atoms with Crippen LogP contribution in [-0.2, 0) is 9.47 Å². The van der Waals surface area contributed by atoms with Crippen LogP contribution in [0.5, 0.6) is 0 Å². The van der Waals surface area contributed by atoms with Crippen molar-refractivity contribution in [1.29, 1.82) is 0 Å². The van der Waals surface area contributed by atoms with Gasteiger partial charge < -0.3 is 15.2 Å². The van der Waals surface area contributed by atoms with E-state index >= 15 is 0 Å². The Morgan fingerprint density at radius 1 is 1.05 bits per heavy atom. The van der Waals surface area contributed by atoms with E-state index in [0.29, 0.717) is 19.5 Å². The number of hydrogen-bond acceptors (Lipinski definition) is 5. The first-order valence-corrected chi connectivity index (χ1v) is 7.86. The van der Waals surface area contributed by atoms with Crippen LogP contribution in [0.25, 0.3) is 0 Å². The summed E-state index contributed by atoms with van der Waals surface area (Å²) in [7, 11) is 0. The second kappa shape index (κ2) is 6.16. The van der Waals surface area contributed by atoms with E-state index in [2.05, 4.69) is 0 Å². The van der Waals surface area contributed by atoms with E-state index < -0.39 is 27.9 Å². The summed E-state index contributed by atoms with van der Waals surface area (Å²) in [4.78, 5) is 25.6. The fourth-order valence-electron chi connectivity index (χ4n) is 2.77. The summed E-state index contributed by atoms with van der Waals surface area (Å²) < 4.78 is 10.6. The summed E-state index contributed by atoms with van der Waals surface area (Å²) in [6, 6.07) is -0.210. The highest BCUT2D eigenvalue weighted by atomic mass is 16.6. The van der Waals surface area contributed by atoms with Crippen molar-refractivity contribution < 1.29 is 23.5 Å². The van der Waals surface area contributed by atoms with E-state index in [1.54, 1.807) is 41.5 Å². The largest absolute Gasteiger partial charge is 0.527 e. The molecule has 0 bridgehead atoms. The highest BCUT2D eigenvalue weighted by molar-refractivity contribution is 5.77. The number of likely N-dealkylation sites (tertiary alicyclic amines) is 1. The Hall–Kier alpha value is -1.14. The number of nitrogens with zero attached hydrogens (tertiary/aromatic N) is 1. The predicted octanol–water partition coefficient (Wildman–Crippen LogP) is 3.04. The standard InChI is InChI=1S/C16H31N2O4/c1-11-8-12(9-17)10-18(11,13(19)21-15(2,3)4)14(20)22-16(5,6)7/h11-12H,8-10,17H2,1-7H3/q+1/t11?,12-/m0/s1. The van der Waals surface area contributed by atoms with Gasteiger partial charge in [-0.05, 0) is 48.5 Å². The number of quaternary nitrogens is 1. The molecule has 0 aliphatic carbocycles. The molecule has 1 rings (SSSR count). The minimum atomic E-state index is -0.662. The van der Waals surface area contributed by atoms with E-state index in [-0.39, 0.29) is 12.0 Å². The predicted molar refractivity (Wildman–Crippen MR) is 84.2 cm³/mol. The summed E-state index contributed by atoms with van der Waals surface area (Å²) in [5.41, 5.74) is 4.43. The average Bonchev–Trinajstić information content (AvgIpc) is 2.63. The Morgan fingerprint density at radius 2 is 1.45 bits per heavy atom. The molecule has 0 spiro atoms. The van der Waals surface area contributed by atoms with Gasteiger partial charge in [0.2, 0.25) is 0 Å². The smallest absolute Gasteiger partial charge is 0.414 e. The summed E-state index contributed by atoms with van der Waals surface area (Å²) in [6.45, 7) is 13.4. The number of rotatable bonds is 1. The molecule has 0 aromatic rings. The molecule has 1 saturated heterocycles. The molecular weight excluding hydrogens is 284 g/mol. The third kappa shape index (κ3) is 4.20. The molecule has 2 atom stereocenters. The summed E-state index contributed by atoms with van der Waals surface area (Å²) in [5, 5.41) is 0. The molecule has 0 saturated carbocycles. The average molecular weight is 315 g/mol. The van der Waals surface area contributed by atoms with Gasteiger partial charge in [-0.1, -0.05) is 0 Å². The van der Waals surface area contributed by atoms with Crippen LogP contribution in [-0.4, -0.2) is 47.0 Å². The van der Waals surface area contributed by atoms with Gasteiger partial charge in [0, 0.05) is 18.9 Å². The van der Waals surface area contributed by atoms with Crippen LogP contribution < -0.4 is 5.73 Å². The van der Waals surface area contributed by atoms with Crippen LogP contribution in [0.4, 0.5) is 9.59 Å². The van der Waals surface area contributed by atoms with Crippen molar-refractivity contribution in [2.45, 2.75) is 72.1 Å². The SMILES string of the molecule is CC1C[C@@H](CN)C[N+]1(C(=O)OC(C)(C)C)C(=O)OC(C)(C)C. The number of hydrogen-bond donors (Lipinski definition) is 1. The van der Waals surface area contributed by atoms with Crippen molar-refractivity contribution in [2.24, 2.45) is 11.7 Å². The number of carbonyl (C=O) groups is 2. The number of carbonyl (C=O) groups excluding carboxylic acids is 2. The Bertz CT molecular complexity index is 406. The summed E-state index contributed by atoms with van der Waals surface area (Å²) in [5.74, 6) is 0.107. The second-order valence-corrected chi connectivity index (χ2v) is 8.20. The van der Waals surface area contributed by atoms with Gasteiger partial charge in [-0.2, -0.15) is 9.59 Å². The van der Waals surface area contributed by atoms with Crippen molar-refractivity contribution >= 4 is 12.2 Å². The van der Waals surface area contributed by atoms with Gasteiger partial charge in [-0.25, -0.2) is 0 Å². The third-order valence-electron chi connectivity index (χ3n) is 3.74. The van der Waals surface area contributed by atoms with Crippen molar-refractivity contribution in [3.63, 3.8) is 0 Å². The van der Waals surface area contributed by atoms with Gasteiger partial charge in [0.05, 0.1) is 0 Å². The second-order valence-electron chi connectivity index (χ2n) is 8.20. The van der Waals surface area contributed by atoms with Crippen molar-refractivity contribution in [3.05, 3.63) is 0 Å². The van der Waals surface area contributed by atoms with E-state index in [4.69, 9.17) is 15.2 Å². The lowest BCUT2D eigenvalue weighted by Gasteiger charge is -2.34. The molecular formula is C16H31N2O4+. The van der Waals surface area contributed by atoms with Crippen LogP contribution in [0.1, 0.15) is 54.9 Å². The third-order valence-corrected chi connectivity index (χ3v) is 3.74. The van der Waals surface area contributed by atoms with Crippen LogP contribution >= 0.6 is 0 Å². The molecule has 6 heteroatoms. The lowest BCUT2D eigenvalue weighted by atomic mass is 10.1.